The van der Waals surface area contributed by atoms with E-state index in [0.717, 1.165) is 30.2 Å². The van der Waals surface area contributed by atoms with E-state index in [9.17, 15) is 32.6 Å². The summed E-state index contributed by atoms with van der Waals surface area (Å²) in [6.07, 6.45) is 0.956. The molecule has 0 radical (unpaired) electrons. The van der Waals surface area contributed by atoms with Gasteiger partial charge in [-0.25, -0.2) is 18.8 Å². The van der Waals surface area contributed by atoms with E-state index in [4.69, 9.17) is 0 Å². The summed E-state index contributed by atoms with van der Waals surface area (Å²) in [5.74, 6) is -3.19. The second-order valence-electron chi connectivity index (χ2n) is 6.23. The molecule has 0 aliphatic carbocycles. The number of carboxylic acids is 1. The number of carbonyl (C=O) groups excluding carboxylic acids is 2. The Hall–Kier alpha value is -2.66. The molecule has 9 nitrogen and oxygen atoms in total. The van der Waals surface area contributed by atoms with Gasteiger partial charge in [0, 0.05) is 24.2 Å². The molecule has 1 aromatic carbocycles. The summed E-state index contributed by atoms with van der Waals surface area (Å²) >= 11 is -2.72. The third kappa shape index (κ3) is 4.19. The molecule has 1 heterocycles. The highest BCUT2D eigenvalue weighted by atomic mass is 32.2. The number of hydrogen-bond acceptors (Lipinski definition) is 5. The number of hydrogen-bond donors (Lipinski definition) is 3. The molecule has 1 unspecified atom stereocenters. The minimum Gasteiger partial charge on any atom is -0.480 e. The van der Waals surface area contributed by atoms with Crippen molar-refractivity contribution in [3.8, 4) is 0 Å². The van der Waals surface area contributed by atoms with Crippen LogP contribution in [0.1, 0.15) is 30.6 Å². The van der Waals surface area contributed by atoms with Gasteiger partial charge in [-0.3, -0.25) is 9.59 Å². The predicted molar refractivity (Wildman–Crippen MR) is 93.9 cm³/mol. The number of hydrazone groups is 1. The molecule has 2 amide bonds. The number of rotatable bonds is 7. The van der Waals surface area contributed by atoms with Gasteiger partial charge in [0.25, 0.3) is 5.91 Å². The molecule has 1 aromatic rings. The first kappa shape index (κ1) is 20.6. The molecular weight excluding hydrogens is 381 g/mol. The third-order valence-electron chi connectivity index (χ3n) is 4.26. The van der Waals surface area contributed by atoms with E-state index in [1.54, 1.807) is 6.92 Å². The monoisotopic (exact) mass is 399 g/mol. The van der Waals surface area contributed by atoms with Crippen molar-refractivity contribution in [3.05, 3.63) is 35.6 Å². The Morgan fingerprint density at radius 2 is 2.04 bits per heavy atom. The van der Waals surface area contributed by atoms with Gasteiger partial charge in [0.05, 0.1) is 0 Å². The zero-order valence-electron chi connectivity index (χ0n) is 14.5. The van der Waals surface area contributed by atoms with Crippen LogP contribution in [0.5, 0.6) is 0 Å². The van der Waals surface area contributed by atoms with Gasteiger partial charge >= 0.3 is 5.97 Å². The van der Waals surface area contributed by atoms with E-state index in [0.29, 0.717) is 0 Å². The van der Waals surface area contributed by atoms with Crippen molar-refractivity contribution in [3.63, 3.8) is 0 Å². The van der Waals surface area contributed by atoms with E-state index in [-0.39, 0.29) is 12.0 Å². The largest absolute Gasteiger partial charge is 0.480 e. The lowest BCUT2D eigenvalue weighted by atomic mass is 9.92. The first-order chi connectivity index (χ1) is 12.6. The van der Waals surface area contributed by atoms with Crippen molar-refractivity contribution >= 4 is 35.1 Å². The zero-order valence-corrected chi connectivity index (χ0v) is 15.3. The maximum Gasteiger partial charge on any atom is 0.328 e. The highest BCUT2D eigenvalue weighted by Crippen LogP contribution is 2.30. The number of aliphatic carboxylic acids is 1. The second-order valence-corrected chi connectivity index (χ2v) is 7.61. The first-order valence-electron chi connectivity index (χ1n) is 7.83. The Balaban J connectivity index is 2.23. The van der Waals surface area contributed by atoms with E-state index >= 15 is 0 Å². The summed E-state index contributed by atoms with van der Waals surface area (Å²) in [4.78, 5) is 36.4. The zero-order chi connectivity index (χ0) is 20.4. The van der Waals surface area contributed by atoms with Gasteiger partial charge in [-0.1, -0.05) is 0 Å². The van der Waals surface area contributed by atoms with Gasteiger partial charge in [-0.2, -0.15) is 5.10 Å². The van der Waals surface area contributed by atoms with Crippen molar-refractivity contribution in [1.82, 2.24) is 10.3 Å². The highest BCUT2D eigenvalue weighted by Gasteiger charge is 2.53. The van der Waals surface area contributed by atoms with Gasteiger partial charge in [0.15, 0.2) is 17.1 Å². The van der Waals surface area contributed by atoms with E-state index in [2.05, 4.69) is 10.5 Å². The number of benzene rings is 1. The van der Waals surface area contributed by atoms with Crippen LogP contribution in [-0.2, 0) is 20.7 Å². The van der Waals surface area contributed by atoms with Crippen molar-refractivity contribution in [2.75, 3.05) is 0 Å². The number of halogens is 1. The number of likely N-dealkylation sites (tertiary alicyclic amines) is 1. The van der Waals surface area contributed by atoms with Crippen molar-refractivity contribution in [2.45, 2.75) is 37.1 Å². The summed E-state index contributed by atoms with van der Waals surface area (Å²) < 4.78 is 32.4. The molecular formula is C16H18FN3O6S. The molecule has 27 heavy (non-hydrogen) atoms. The smallest absolute Gasteiger partial charge is 0.328 e. The van der Waals surface area contributed by atoms with Crippen LogP contribution < -0.4 is 5.43 Å². The Morgan fingerprint density at radius 1 is 1.44 bits per heavy atom. The fourth-order valence-electron chi connectivity index (χ4n) is 2.72. The molecule has 3 N–H and O–H groups in total. The molecule has 4 atom stereocenters. The summed E-state index contributed by atoms with van der Waals surface area (Å²) in [6.45, 7) is 2.76. The van der Waals surface area contributed by atoms with Gasteiger partial charge in [-0.15, -0.1) is 0 Å². The van der Waals surface area contributed by atoms with Crippen LogP contribution >= 0.6 is 0 Å². The maximum absolute atomic E-state index is 12.9. The predicted octanol–water partition coefficient (Wildman–Crippen LogP) is 0.596. The van der Waals surface area contributed by atoms with E-state index in [1.165, 1.54) is 12.1 Å². The number of carbonyl (C=O) groups is 3. The van der Waals surface area contributed by atoms with Crippen molar-refractivity contribution in [2.24, 2.45) is 5.10 Å². The summed E-state index contributed by atoms with van der Waals surface area (Å²) in [5.41, 5.74) is 2.17. The molecule has 1 saturated heterocycles. The highest BCUT2D eigenvalue weighted by molar-refractivity contribution is 7.81. The quantitative estimate of drug-likeness (QED) is 0.266. The normalized spacial score (nSPS) is 21.3. The Kier molecular flexibility index (Phi) is 6.06. The topological polar surface area (TPSA) is 136 Å². The Bertz CT molecular complexity index is 815. The number of carboxylic acid groups (broad SMARTS) is 1. The lowest BCUT2D eigenvalue weighted by Gasteiger charge is -2.46. The molecule has 146 valence electrons. The lowest BCUT2D eigenvalue weighted by molar-refractivity contribution is -0.161. The van der Waals surface area contributed by atoms with Gasteiger partial charge in [0.1, 0.15) is 10.6 Å². The third-order valence-corrected chi connectivity index (χ3v) is 5.34. The Labute approximate surface area is 156 Å². The summed E-state index contributed by atoms with van der Waals surface area (Å²) in [7, 11) is 0. The molecule has 1 aliphatic heterocycles. The standard InChI is InChI=1S/C16H18FN3O6S/c1-9-7-12(21)20(9)13(15(23)24)16(2,27(25)26)8-18-19-14(22)10-3-5-11(17)6-4-10/h3-6,8-9,13H,7H2,1-2H3,(H,19,22)(H,23,24)(H,25,26)/b18-8+/t9-,13+,16+/m1/s1. The van der Waals surface area contributed by atoms with Crippen LogP contribution in [0.2, 0.25) is 0 Å². The summed E-state index contributed by atoms with van der Waals surface area (Å²) in [6, 6.07) is 2.51. The molecule has 2 rings (SSSR count). The van der Waals surface area contributed by atoms with E-state index in [1.807, 2.05) is 0 Å². The van der Waals surface area contributed by atoms with Gasteiger partial charge < -0.3 is 14.6 Å². The minimum absolute atomic E-state index is 0.0849. The molecule has 1 fully saturated rings. The average molecular weight is 399 g/mol. The van der Waals surface area contributed by atoms with Crippen LogP contribution in [-0.4, -0.2) is 59.6 Å². The van der Waals surface area contributed by atoms with Crippen molar-refractivity contribution < 1.29 is 32.6 Å². The number of nitrogens with zero attached hydrogens (tertiary/aromatic N) is 2. The SMILES string of the molecule is C[C@@H]1CC(=O)N1[C@@H](C(=O)O)[C@](C)(/C=N/NC(=O)c1ccc(F)cc1)S(=O)O. The fourth-order valence-corrected chi connectivity index (χ4v) is 3.27. The van der Waals surface area contributed by atoms with Gasteiger partial charge in [-0.05, 0) is 38.1 Å². The van der Waals surface area contributed by atoms with Crippen LogP contribution in [0.3, 0.4) is 0 Å². The number of amides is 2. The fraction of sp³-hybridized carbons (Fsp3) is 0.375. The molecule has 0 bridgehead atoms. The van der Waals surface area contributed by atoms with Crippen LogP contribution in [0.4, 0.5) is 4.39 Å². The van der Waals surface area contributed by atoms with Gasteiger partial charge in [0.2, 0.25) is 5.91 Å². The minimum atomic E-state index is -2.72. The van der Waals surface area contributed by atoms with Crippen LogP contribution in [0.15, 0.2) is 29.4 Å². The lowest BCUT2D eigenvalue weighted by Crippen LogP contribution is -2.67. The maximum atomic E-state index is 12.9. The molecule has 0 saturated carbocycles. The molecule has 11 heteroatoms. The number of β-lactam (4-membered cyclic amide) rings is 1. The van der Waals surface area contributed by atoms with E-state index < -0.39 is 51.5 Å². The molecule has 1 aliphatic rings. The number of nitrogens with one attached hydrogen (secondary N) is 1. The second kappa shape index (κ2) is 7.92. The van der Waals surface area contributed by atoms with Crippen LogP contribution in [0.25, 0.3) is 0 Å². The average Bonchev–Trinajstić information content (AvgIpc) is 2.59. The van der Waals surface area contributed by atoms with Crippen LogP contribution in [0, 0.1) is 5.82 Å². The van der Waals surface area contributed by atoms with Crippen molar-refractivity contribution in [1.29, 1.82) is 0 Å². The Morgan fingerprint density at radius 3 is 2.48 bits per heavy atom. The summed E-state index contributed by atoms with van der Waals surface area (Å²) in [5, 5.41) is 13.1. The molecule has 0 spiro atoms. The molecule has 0 aromatic heterocycles. The first-order valence-corrected chi connectivity index (χ1v) is 8.93.